The fourth-order valence-corrected chi connectivity index (χ4v) is 5.17. The predicted molar refractivity (Wildman–Crippen MR) is 126 cm³/mol. The molecule has 6 heteroatoms. The maximum atomic E-state index is 12.7. The Kier molecular flexibility index (Phi) is 8.04. The number of likely N-dealkylation sites (N-methyl/N-ethyl adjacent to an activating group) is 1. The summed E-state index contributed by atoms with van der Waals surface area (Å²) >= 11 is 0. The number of amides is 1. The minimum absolute atomic E-state index is 0.00756. The first kappa shape index (κ1) is 23.2. The molecule has 0 bridgehead atoms. The van der Waals surface area contributed by atoms with Gasteiger partial charge >= 0.3 is 0 Å². The van der Waals surface area contributed by atoms with Gasteiger partial charge in [0.15, 0.2) is 0 Å². The average Bonchev–Trinajstić information content (AvgIpc) is 3.05. The number of rotatable bonds is 7. The van der Waals surface area contributed by atoms with Gasteiger partial charge in [-0.05, 0) is 48.6 Å². The van der Waals surface area contributed by atoms with E-state index in [0.717, 1.165) is 31.2 Å². The molecule has 0 spiro atoms. The molecule has 5 nitrogen and oxygen atoms in total. The van der Waals surface area contributed by atoms with Crippen LogP contribution in [0.1, 0.15) is 56.9 Å². The van der Waals surface area contributed by atoms with Gasteiger partial charge in [-0.1, -0.05) is 69.0 Å². The van der Waals surface area contributed by atoms with E-state index >= 15 is 0 Å². The van der Waals surface area contributed by atoms with Crippen molar-refractivity contribution in [2.75, 3.05) is 11.9 Å². The highest BCUT2D eigenvalue weighted by Gasteiger charge is 2.21. The van der Waals surface area contributed by atoms with E-state index in [9.17, 15) is 13.2 Å². The van der Waals surface area contributed by atoms with E-state index in [1.165, 1.54) is 17.7 Å². The standard InChI is InChI=1S/C25H32N2O3S/c1-20(21-10-6-5-7-11-21)14-19-25(28)27(2)23-15-17-24(18-16-23)31(29,30)26-22-12-8-3-4-9-13-22/h5-7,10-11,14-20,22,26H,3-4,8-9,12-13H2,1-2H3/b19-14+. The van der Waals surface area contributed by atoms with Crippen LogP contribution in [0.2, 0.25) is 0 Å². The van der Waals surface area contributed by atoms with Crippen molar-refractivity contribution in [1.82, 2.24) is 4.72 Å². The third-order valence-corrected chi connectivity index (χ3v) is 7.43. The quantitative estimate of drug-likeness (QED) is 0.486. The van der Waals surface area contributed by atoms with Crippen LogP contribution in [0.25, 0.3) is 0 Å². The topological polar surface area (TPSA) is 66.5 Å². The lowest BCUT2D eigenvalue weighted by molar-refractivity contribution is -0.113. The van der Waals surface area contributed by atoms with E-state index in [4.69, 9.17) is 0 Å². The number of benzene rings is 2. The molecule has 0 aliphatic heterocycles. The normalized spacial score (nSPS) is 16.7. The summed E-state index contributed by atoms with van der Waals surface area (Å²) in [6, 6.07) is 16.5. The highest BCUT2D eigenvalue weighted by molar-refractivity contribution is 7.89. The summed E-state index contributed by atoms with van der Waals surface area (Å²) in [6.07, 6.45) is 9.70. The second-order valence-corrected chi connectivity index (χ2v) is 9.97. The molecule has 31 heavy (non-hydrogen) atoms. The maximum Gasteiger partial charge on any atom is 0.250 e. The van der Waals surface area contributed by atoms with E-state index in [1.54, 1.807) is 37.4 Å². The van der Waals surface area contributed by atoms with Crippen molar-refractivity contribution in [2.45, 2.75) is 62.3 Å². The van der Waals surface area contributed by atoms with Gasteiger partial charge in [0.1, 0.15) is 0 Å². The van der Waals surface area contributed by atoms with Gasteiger partial charge in [0, 0.05) is 24.9 Å². The van der Waals surface area contributed by atoms with E-state index in [-0.39, 0.29) is 22.8 Å². The summed E-state index contributed by atoms with van der Waals surface area (Å²) in [4.78, 5) is 14.3. The molecule has 0 radical (unpaired) electrons. The smallest absolute Gasteiger partial charge is 0.250 e. The summed E-state index contributed by atoms with van der Waals surface area (Å²) in [7, 11) is -1.87. The third-order valence-electron chi connectivity index (χ3n) is 5.89. The molecule has 1 saturated carbocycles. The molecule has 3 rings (SSSR count). The predicted octanol–water partition coefficient (Wildman–Crippen LogP) is 5.01. The fourth-order valence-electron chi connectivity index (χ4n) is 3.87. The lowest BCUT2D eigenvalue weighted by atomic mass is 10.0. The highest BCUT2D eigenvalue weighted by Crippen LogP contribution is 2.22. The van der Waals surface area contributed by atoms with Crippen molar-refractivity contribution in [3.05, 3.63) is 72.3 Å². The minimum atomic E-state index is -3.56. The molecule has 1 fully saturated rings. The Balaban J connectivity index is 1.63. The number of allylic oxidation sites excluding steroid dienone is 1. The van der Waals surface area contributed by atoms with Crippen LogP contribution in [-0.4, -0.2) is 27.4 Å². The van der Waals surface area contributed by atoms with Crippen molar-refractivity contribution in [1.29, 1.82) is 0 Å². The Hall–Kier alpha value is -2.44. The van der Waals surface area contributed by atoms with E-state index in [1.807, 2.05) is 43.3 Å². The molecule has 0 saturated heterocycles. The Labute approximate surface area is 186 Å². The van der Waals surface area contributed by atoms with Crippen LogP contribution >= 0.6 is 0 Å². The monoisotopic (exact) mass is 440 g/mol. The number of carbonyl (C=O) groups is 1. The number of sulfonamides is 1. The van der Waals surface area contributed by atoms with Crippen LogP contribution in [0.3, 0.4) is 0 Å². The molecule has 1 unspecified atom stereocenters. The van der Waals surface area contributed by atoms with Gasteiger partial charge in [-0.25, -0.2) is 13.1 Å². The fraction of sp³-hybridized carbons (Fsp3) is 0.400. The van der Waals surface area contributed by atoms with E-state index < -0.39 is 10.0 Å². The minimum Gasteiger partial charge on any atom is -0.312 e. The van der Waals surface area contributed by atoms with Gasteiger partial charge < -0.3 is 4.90 Å². The first-order chi connectivity index (χ1) is 14.9. The second-order valence-electron chi connectivity index (χ2n) is 8.26. The molecular formula is C25H32N2O3S. The van der Waals surface area contributed by atoms with Crippen molar-refractivity contribution < 1.29 is 13.2 Å². The number of nitrogens with one attached hydrogen (secondary N) is 1. The van der Waals surface area contributed by atoms with Gasteiger partial charge in [0.25, 0.3) is 0 Å². The van der Waals surface area contributed by atoms with Crippen molar-refractivity contribution in [2.24, 2.45) is 0 Å². The summed E-state index contributed by atoms with van der Waals surface area (Å²) in [5.74, 6) is -0.0314. The van der Waals surface area contributed by atoms with Crippen LogP contribution in [0.5, 0.6) is 0 Å². The molecular weight excluding hydrogens is 408 g/mol. The number of hydrogen-bond acceptors (Lipinski definition) is 3. The summed E-state index contributed by atoms with van der Waals surface area (Å²) < 4.78 is 28.3. The van der Waals surface area contributed by atoms with E-state index in [0.29, 0.717) is 5.69 Å². The first-order valence-corrected chi connectivity index (χ1v) is 12.5. The molecule has 1 atom stereocenters. The second kappa shape index (κ2) is 10.7. The van der Waals surface area contributed by atoms with Crippen LogP contribution < -0.4 is 9.62 Å². The van der Waals surface area contributed by atoms with Gasteiger partial charge in [0.2, 0.25) is 15.9 Å². The largest absolute Gasteiger partial charge is 0.312 e. The van der Waals surface area contributed by atoms with Crippen molar-refractivity contribution in [3.63, 3.8) is 0 Å². The molecule has 0 aromatic heterocycles. The Morgan fingerprint density at radius 2 is 1.61 bits per heavy atom. The highest BCUT2D eigenvalue weighted by atomic mass is 32.2. The molecule has 1 aliphatic rings. The van der Waals surface area contributed by atoms with Gasteiger partial charge in [-0.2, -0.15) is 0 Å². The number of carbonyl (C=O) groups excluding carboxylic acids is 1. The Bertz CT molecular complexity index is 977. The molecule has 2 aromatic rings. The zero-order chi connectivity index (χ0) is 22.3. The summed E-state index contributed by atoms with van der Waals surface area (Å²) in [5, 5.41) is 0. The Morgan fingerprint density at radius 1 is 1.00 bits per heavy atom. The summed E-state index contributed by atoms with van der Waals surface area (Å²) in [5.41, 5.74) is 1.79. The van der Waals surface area contributed by atoms with Crippen LogP contribution in [0.4, 0.5) is 5.69 Å². The number of anilines is 1. The number of nitrogens with zero attached hydrogens (tertiary/aromatic N) is 1. The van der Waals surface area contributed by atoms with Crippen molar-refractivity contribution >= 4 is 21.6 Å². The average molecular weight is 441 g/mol. The zero-order valence-corrected chi connectivity index (χ0v) is 19.1. The molecule has 2 aromatic carbocycles. The van der Waals surface area contributed by atoms with Gasteiger partial charge in [0.05, 0.1) is 4.90 Å². The lowest BCUT2D eigenvalue weighted by Gasteiger charge is -2.18. The van der Waals surface area contributed by atoms with Gasteiger partial charge in [-0.3, -0.25) is 4.79 Å². The lowest BCUT2D eigenvalue weighted by Crippen LogP contribution is -2.34. The number of hydrogen-bond donors (Lipinski definition) is 1. The molecule has 1 aliphatic carbocycles. The third kappa shape index (κ3) is 6.52. The zero-order valence-electron chi connectivity index (χ0n) is 18.3. The first-order valence-electron chi connectivity index (χ1n) is 11.0. The van der Waals surface area contributed by atoms with E-state index in [2.05, 4.69) is 4.72 Å². The molecule has 1 amide bonds. The SMILES string of the molecule is CC(/C=C/C(=O)N(C)c1ccc(S(=O)(=O)NC2CCCCCC2)cc1)c1ccccc1. The van der Waals surface area contributed by atoms with Crippen LogP contribution in [0, 0.1) is 0 Å². The molecule has 166 valence electrons. The van der Waals surface area contributed by atoms with Crippen LogP contribution in [0.15, 0.2) is 71.6 Å². The van der Waals surface area contributed by atoms with Gasteiger partial charge in [-0.15, -0.1) is 0 Å². The van der Waals surface area contributed by atoms with Crippen molar-refractivity contribution in [3.8, 4) is 0 Å². The maximum absolute atomic E-state index is 12.7. The molecule has 1 N–H and O–H groups in total. The Morgan fingerprint density at radius 3 is 2.23 bits per heavy atom. The summed E-state index contributed by atoms with van der Waals surface area (Å²) in [6.45, 7) is 2.04. The molecule has 0 heterocycles. The van der Waals surface area contributed by atoms with Crippen LogP contribution in [-0.2, 0) is 14.8 Å².